The summed E-state index contributed by atoms with van der Waals surface area (Å²) in [5.41, 5.74) is 0. The van der Waals surface area contributed by atoms with Crippen molar-refractivity contribution in [3.8, 4) is 0 Å². The number of piperidine rings is 1. The highest BCUT2D eigenvalue weighted by Gasteiger charge is 2.34. The first-order valence-corrected chi connectivity index (χ1v) is 9.12. The van der Waals surface area contributed by atoms with Gasteiger partial charge in [-0.05, 0) is 31.0 Å². The summed E-state index contributed by atoms with van der Waals surface area (Å²) >= 11 is 0. The molecule has 0 spiro atoms. The van der Waals surface area contributed by atoms with E-state index in [-0.39, 0.29) is 17.5 Å². The molecule has 128 valence electrons. The van der Waals surface area contributed by atoms with E-state index in [1.54, 1.807) is 31.4 Å². The Balaban J connectivity index is 1.72. The van der Waals surface area contributed by atoms with E-state index >= 15 is 0 Å². The van der Waals surface area contributed by atoms with E-state index in [0.717, 1.165) is 0 Å². The predicted octanol–water partition coefficient (Wildman–Crippen LogP) is 0.854. The van der Waals surface area contributed by atoms with Crippen molar-refractivity contribution in [3.63, 3.8) is 0 Å². The van der Waals surface area contributed by atoms with Crippen LogP contribution < -0.4 is 5.32 Å². The second-order valence-corrected chi connectivity index (χ2v) is 7.58. The first-order chi connectivity index (χ1) is 11.5. The zero-order chi connectivity index (χ0) is 17.2. The van der Waals surface area contributed by atoms with Crippen molar-refractivity contribution in [2.45, 2.75) is 17.9 Å². The lowest BCUT2D eigenvalue weighted by Crippen LogP contribution is -2.44. The average Bonchev–Trinajstić information content (AvgIpc) is 3.03. The summed E-state index contributed by atoms with van der Waals surface area (Å²) in [4.78, 5) is 16.5. The van der Waals surface area contributed by atoms with Crippen LogP contribution in [0.5, 0.6) is 0 Å². The number of amides is 1. The number of nitrogens with zero attached hydrogens (tertiary/aromatic N) is 4. The molecule has 1 N–H and O–H groups in total. The van der Waals surface area contributed by atoms with Crippen molar-refractivity contribution < 1.29 is 13.2 Å². The monoisotopic (exact) mass is 349 g/mol. The van der Waals surface area contributed by atoms with Gasteiger partial charge in [-0.1, -0.05) is 6.07 Å². The maximum atomic E-state index is 12.7. The largest absolute Gasteiger partial charge is 0.310 e. The molecule has 24 heavy (non-hydrogen) atoms. The van der Waals surface area contributed by atoms with Crippen molar-refractivity contribution in [1.29, 1.82) is 0 Å². The van der Waals surface area contributed by atoms with Crippen molar-refractivity contribution >= 4 is 21.7 Å². The van der Waals surface area contributed by atoms with Crippen molar-refractivity contribution in [3.05, 3.63) is 36.7 Å². The van der Waals surface area contributed by atoms with Crippen molar-refractivity contribution in [1.82, 2.24) is 19.1 Å². The fourth-order valence-electron chi connectivity index (χ4n) is 2.79. The summed E-state index contributed by atoms with van der Waals surface area (Å²) in [6.07, 6.45) is 4.32. The molecule has 0 saturated carbocycles. The molecule has 1 aliphatic rings. The van der Waals surface area contributed by atoms with Gasteiger partial charge in [-0.25, -0.2) is 13.4 Å². The predicted molar refractivity (Wildman–Crippen MR) is 87.6 cm³/mol. The van der Waals surface area contributed by atoms with Gasteiger partial charge in [0.1, 0.15) is 5.82 Å². The summed E-state index contributed by atoms with van der Waals surface area (Å²) in [6, 6.07) is 6.71. The maximum absolute atomic E-state index is 12.7. The highest BCUT2D eigenvalue weighted by molar-refractivity contribution is 7.89. The van der Waals surface area contributed by atoms with E-state index in [9.17, 15) is 13.2 Å². The number of nitrogens with one attached hydrogen (secondary N) is 1. The average molecular weight is 349 g/mol. The number of anilines is 1. The van der Waals surface area contributed by atoms with Gasteiger partial charge in [0.05, 0.1) is 12.1 Å². The normalized spacial score (nSPS) is 19.1. The Morgan fingerprint density at radius 2 is 2.12 bits per heavy atom. The quantitative estimate of drug-likeness (QED) is 0.883. The molecule has 2 aromatic rings. The minimum Gasteiger partial charge on any atom is -0.310 e. The van der Waals surface area contributed by atoms with Crippen LogP contribution in [0.4, 0.5) is 5.82 Å². The van der Waals surface area contributed by atoms with E-state index in [0.29, 0.717) is 25.2 Å². The van der Waals surface area contributed by atoms with Crippen LogP contribution in [0.25, 0.3) is 0 Å². The van der Waals surface area contributed by atoms with Crippen LogP contribution in [0, 0.1) is 5.92 Å². The van der Waals surface area contributed by atoms with E-state index in [1.165, 1.54) is 21.3 Å². The molecule has 3 rings (SSSR count). The molecule has 1 aliphatic heterocycles. The summed E-state index contributed by atoms with van der Waals surface area (Å²) in [6.45, 7) is 0.563. The molecule has 1 saturated heterocycles. The highest BCUT2D eigenvalue weighted by Crippen LogP contribution is 2.24. The van der Waals surface area contributed by atoms with Gasteiger partial charge in [0.25, 0.3) is 10.0 Å². The zero-order valence-corrected chi connectivity index (χ0v) is 14.1. The van der Waals surface area contributed by atoms with Gasteiger partial charge >= 0.3 is 0 Å². The fourth-order valence-corrected chi connectivity index (χ4v) is 4.41. The van der Waals surface area contributed by atoms with E-state index in [4.69, 9.17) is 0 Å². The third-order valence-corrected chi connectivity index (χ3v) is 5.99. The van der Waals surface area contributed by atoms with Crippen molar-refractivity contribution in [2.75, 3.05) is 18.4 Å². The standard InChI is InChI=1S/C15H19N5O3S/c1-19-14(7-9-17-19)24(22,23)20-10-4-5-12(11-20)15(21)18-13-6-2-3-8-16-13/h2-3,6-9,12H,4-5,10-11H2,1H3,(H,16,18,21). The minimum absolute atomic E-state index is 0.133. The number of sulfonamides is 1. The van der Waals surface area contributed by atoms with Gasteiger partial charge < -0.3 is 5.32 Å². The van der Waals surface area contributed by atoms with Crippen LogP contribution >= 0.6 is 0 Å². The lowest BCUT2D eigenvalue weighted by molar-refractivity contribution is -0.120. The molecule has 1 amide bonds. The van der Waals surface area contributed by atoms with Gasteiger partial charge in [0.15, 0.2) is 5.03 Å². The topological polar surface area (TPSA) is 97.2 Å². The molecule has 1 fully saturated rings. The molecule has 9 heteroatoms. The number of pyridine rings is 1. The minimum atomic E-state index is -3.65. The second-order valence-electron chi connectivity index (χ2n) is 5.70. The Kier molecular flexibility index (Phi) is 4.63. The molecular formula is C15H19N5O3S. The van der Waals surface area contributed by atoms with Gasteiger partial charge in [-0.3, -0.25) is 9.48 Å². The second kappa shape index (κ2) is 6.70. The van der Waals surface area contributed by atoms with E-state index < -0.39 is 15.9 Å². The first kappa shape index (κ1) is 16.6. The van der Waals surface area contributed by atoms with Crippen LogP contribution in [0.2, 0.25) is 0 Å². The number of carbonyl (C=O) groups excluding carboxylic acids is 1. The van der Waals surface area contributed by atoms with Crippen LogP contribution in [0.3, 0.4) is 0 Å². The smallest absolute Gasteiger partial charge is 0.260 e. The molecule has 8 nitrogen and oxygen atoms in total. The van der Waals surface area contributed by atoms with Crippen LogP contribution in [-0.4, -0.2) is 46.5 Å². The number of hydrogen-bond acceptors (Lipinski definition) is 5. The van der Waals surface area contributed by atoms with Gasteiger partial charge in [-0.2, -0.15) is 9.40 Å². The SMILES string of the molecule is Cn1nccc1S(=O)(=O)N1CCCC(C(=O)Nc2ccccn2)C1. The Hall–Kier alpha value is -2.26. The van der Waals surface area contributed by atoms with Crippen LogP contribution in [0.1, 0.15) is 12.8 Å². The Morgan fingerprint density at radius 3 is 2.79 bits per heavy atom. The Bertz CT molecular complexity index is 819. The summed E-state index contributed by atoms with van der Waals surface area (Å²) in [5, 5.41) is 6.78. The van der Waals surface area contributed by atoms with E-state index in [2.05, 4.69) is 15.4 Å². The third-order valence-electron chi connectivity index (χ3n) is 4.05. The van der Waals surface area contributed by atoms with Gasteiger partial charge in [-0.15, -0.1) is 0 Å². The number of hydrogen-bond donors (Lipinski definition) is 1. The zero-order valence-electron chi connectivity index (χ0n) is 13.3. The third kappa shape index (κ3) is 3.31. The lowest BCUT2D eigenvalue weighted by atomic mass is 9.99. The van der Waals surface area contributed by atoms with Crippen LogP contribution in [0.15, 0.2) is 41.7 Å². The molecule has 1 unspecified atom stereocenters. The molecule has 3 heterocycles. The maximum Gasteiger partial charge on any atom is 0.260 e. The van der Waals surface area contributed by atoms with Gasteiger partial charge in [0.2, 0.25) is 5.91 Å². The summed E-state index contributed by atoms with van der Waals surface area (Å²) < 4.78 is 28.1. The Morgan fingerprint density at radius 1 is 1.29 bits per heavy atom. The number of rotatable bonds is 4. The van der Waals surface area contributed by atoms with Gasteiger partial charge in [0, 0.05) is 26.3 Å². The lowest BCUT2D eigenvalue weighted by Gasteiger charge is -2.30. The van der Waals surface area contributed by atoms with E-state index in [1.807, 2.05) is 0 Å². The number of aryl methyl sites for hydroxylation is 1. The molecule has 0 bridgehead atoms. The molecule has 0 aromatic carbocycles. The summed E-state index contributed by atoms with van der Waals surface area (Å²) in [7, 11) is -2.07. The number of carbonyl (C=O) groups is 1. The molecule has 0 aliphatic carbocycles. The molecular weight excluding hydrogens is 330 g/mol. The molecule has 0 radical (unpaired) electrons. The Labute approximate surface area is 140 Å². The fraction of sp³-hybridized carbons (Fsp3) is 0.400. The first-order valence-electron chi connectivity index (χ1n) is 7.68. The molecule has 2 aromatic heterocycles. The van der Waals surface area contributed by atoms with Crippen molar-refractivity contribution in [2.24, 2.45) is 13.0 Å². The number of aromatic nitrogens is 3. The molecule has 1 atom stereocenters. The van der Waals surface area contributed by atoms with Crippen LogP contribution in [-0.2, 0) is 21.9 Å². The summed E-state index contributed by atoms with van der Waals surface area (Å²) in [5.74, 6) is -0.142. The highest BCUT2D eigenvalue weighted by atomic mass is 32.2.